The lowest BCUT2D eigenvalue weighted by molar-refractivity contribution is -0.146. The highest BCUT2D eigenvalue weighted by molar-refractivity contribution is 7.96. The second kappa shape index (κ2) is 9.12. The largest absolute Gasteiger partial charge is 0.468 e. The van der Waals surface area contributed by atoms with Gasteiger partial charge in [0.2, 0.25) is 0 Å². The molecule has 0 aliphatic heterocycles. The first-order valence-corrected chi connectivity index (χ1v) is 33.8. The van der Waals surface area contributed by atoms with Crippen molar-refractivity contribution in [3.8, 4) is 0 Å². The van der Waals surface area contributed by atoms with Gasteiger partial charge in [-0.2, -0.15) is 0 Å². The van der Waals surface area contributed by atoms with Gasteiger partial charge in [0, 0.05) is 0 Å². The van der Waals surface area contributed by atoms with Crippen molar-refractivity contribution in [3.05, 3.63) is 113 Å². The van der Waals surface area contributed by atoms with Gasteiger partial charge in [0.15, 0.2) is 0 Å². The Hall–Kier alpha value is -10.6. The molecule has 31 aromatic rings. The van der Waals surface area contributed by atoms with E-state index in [0.29, 0.717) is 5.29 Å². The van der Waals surface area contributed by atoms with E-state index in [4.69, 9.17) is 9.47 Å². The molecule has 0 saturated heterocycles. The molecule has 31 aromatic carbocycles. The summed E-state index contributed by atoms with van der Waals surface area (Å²) >= 11 is 0. The predicted octanol–water partition coefficient (Wildman–Crippen LogP) is 18.8. The highest BCUT2D eigenvalue weighted by atomic mass is 31.2. The summed E-state index contributed by atoms with van der Waals surface area (Å²) in [5, 5.41) is 83.5. The predicted molar refractivity (Wildman–Crippen MR) is 370 cm³/mol. The topological polar surface area (TPSA) is 52.6 Å². The molecular formula is C84H21O4P. The van der Waals surface area contributed by atoms with Gasteiger partial charge in [-0.1, -0.05) is 91.0 Å². The van der Waals surface area contributed by atoms with Crippen molar-refractivity contribution in [2.75, 3.05) is 14.2 Å². The fourth-order valence-electron chi connectivity index (χ4n) is 28.9. The van der Waals surface area contributed by atoms with Crippen LogP contribution in [-0.4, -0.2) is 31.5 Å². The van der Waals surface area contributed by atoms with Crippen LogP contribution in [0, 0.1) is 5.41 Å². The number of esters is 2. The number of hydrogen-bond donors (Lipinski definition) is 0. The molecule has 386 valence electrons. The highest BCUT2D eigenvalue weighted by Gasteiger charge is 3.00. The van der Waals surface area contributed by atoms with Crippen molar-refractivity contribution >= 4 is 331 Å². The van der Waals surface area contributed by atoms with E-state index in [-0.39, 0.29) is 5.97 Å². The van der Waals surface area contributed by atoms with Crippen LogP contribution in [0.1, 0.15) is 22.3 Å². The standard InChI is InChI=1S/C84H21O4P/c1-87-80(85)79(89(18-12-6-3-7-13-18,19-14-8-4-9-15-19)20-16-10-5-11-17-20)84(81(86)88-2)82-75-67-59-49-39-31-23-21-22-25-29-27(23)35-43-37(29)47-41-33(25)34-26(22)30-28-24(21)32(31)40-46-36(28)44-38(30)48-42(34)52-51(41)61-55(47)65-57(43)63(53(59)45(35)39)71(75)73(65)77-69(61)70-62(52)56(48)66-58(44)64-54(46)60(50(40)49)68(67)76(82)72(64)74(66)78(70)83(77,82)84/h3-17H,1-2H3. The Bertz CT molecular complexity index is 7980. The lowest BCUT2D eigenvalue weighted by Gasteiger charge is -2.36. The summed E-state index contributed by atoms with van der Waals surface area (Å²) in [5.41, 5.74) is 1.27. The zero-order chi connectivity index (χ0) is 55.0. The number of benzene rings is 21. The molecule has 89 heavy (non-hydrogen) atoms. The van der Waals surface area contributed by atoms with Gasteiger partial charge in [-0.05, 0) is 336 Å². The maximum absolute atomic E-state index is 18.4. The van der Waals surface area contributed by atoms with E-state index in [1.165, 1.54) is 259 Å². The molecule has 1 fully saturated rings. The second-order valence-electron chi connectivity index (χ2n) is 30.0. The number of hydrogen-bond acceptors (Lipinski definition) is 4. The Kier molecular flexibility index (Phi) is 3.81. The Morgan fingerprint density at radius 1 is 0.247 bits per heavy atom. The van der Waals surface area contributed by atoms with Crippen molar-refractivity contribution in [1.29, 1.82) is 0 Å². The van der Waals surface area contributed by atoms with E-state index in [1.54, 1.807) is 68.1 Å². The van der Waals surface area contributed by atoms with Crippen LogP contribution in [0.25, 0.3) is 291 Å². The molecule has 5 aliphatic carbocycles. The molecule has 0 heterocycles. The zero-order valence-electron chi connectivity index (χ0n) is 46.2. The molecule has 4 nitrogen and oxygen atoms in total. The summed E-state index contributed by atoms with van der Waals surface area (Å²) in [4.78, 5) is 36.0. The van der Waals surface area contributed by atoms with Crippen LogP contribution in [0.15, 0.2) is 91.0 Å². The summed E-state index contributed by atoms with van der Waals surface area (Å²) in [6, 6.07) is 32.8. The van der Waals surface area contributed by atoms with E-state index >= 15 is 9.59 Å². The van der Waals surface area contributed by atoms with Gasteiger partial charge >= 0.3 is 11.9 Å². The van der Waals surface area contributed by atoms with Gasteiger partial charge in [-0.15, -0.1) is 0 Å². The molecule has 0 aromatic heterocycles. The summed E-state index contributed by atoms with van der Waals surface area (Å²) in [6.45, 7) is -3.54. The minimum absolute atomic E-state index is 0.319. The van der Waals surface area contributed by atoms with Gasteiger partial charge in [-0.3, -0.25) is 4.79 Å². The van der Waals surface area contributed by atoms with Crippen LogP contribution in [-0.2, 0) is 29.9 Å². The Balaban J connectivity index is 1.02. The van der Waals surface area contributed by atoms with Crippen molar-refractivity contribution < 1.29 is 19.1 Å². The highest BCUT2D eigenvalue weighted by Crippen LogP contribution is 2.97. The molecule has 0 amide bonds. The smallest absolute Gasteiger partial charge is 0.336 e. The quantitative estimate of drug-likeness (QED) is 0.0946. The van der Waals surface area contributed by atoms with E-state index in [9.17, 15) is 0 Å². The van der Waals surface area contributed by atoms with Gasteiger partial charge in [0.05, 0.1) is 30.3 Å². The van der Waals surface area contributed by atoms with Crippen LogP contribution in [0.4, 0.5) is 0 Å². The fraction of sp³-hybridized carbons (Fsp3) is 0.0595. The molecule has 0 atom stereocenters. The first-order chi connectivity index (χ1) is 44.1. The number of carbonyl (C=O) groups is 2. The molecule has 5 aliphatic rings. The third-order valence-corrected chi connectivity index (χ3v) is 33.8. The number of ether oxygens (including phenoxy) is 2. The Labute approximate surface area is 490 Å². The molecule has 0 unspecified atom stereocenters. The van der Waals surface area contributed by atoms with Gasteiger partial charge in [-0.25, -0.2) is 4.79 Å². The molecule has 2 spiro atoms. The summed E-state index contributed by atoms with van der Waals surface area (Å²) in [6.07, 6.45) is 0. The normalized spacial score (nSPS) is 21.6. The van der Waals surface area contributed by atoms with Crippen molar-refractivity contribution in [2.45, 2.75) is 10.8 Å². The number of methoxy groups -OCH3 is 2. The maximum Gasteiger partial charge on any atom is 0.336 e. The number of carbonyl (C=O) groups excluding carboxylic acids is 2. The average molecular weight is 1130 g/mol. The van der Waals surface area contributed by atoms with E-state index in [0.717, 1.165) is 15.9 Å². The zero-order valence-corrected chi connectivity index (χ0v) is 47.1. The summed E-state index contributed by atoms with van der Waals surface area (Å²) in [5.74, 6) is -0.739. The van der Waals surface area contributed by atoms with Crippen molar-refractivity contribution in [2.24, 2.45) is 5.41 Å². The second-order valence-corrected chi connectivity index (χ2v) is 33.3. The number of rotatable bonds is 6. The molecule has 5 heteroatoms. The van der Waals surface area contributed by atoms with Crippen LogP contribution < -0.4 is 15.9 Å². The molecule has 0 N–H and O–H groups in total. The lowest BCUT2D eigenvalue weighted by Crippen LogP contribution is -2.46. The first kappa shape index (κ1) is 37.1. The monoisotopic (exact) mass is 1120 g/mol. The minimum Gasteiger partial charge on any atom is -0.468 e. The summed E-state index contributed by atoms with van der Waals surface area (Å²) in [7, 11) is 3.25. The van der Waals surface area contributed by atoms with Crippen LogP contribution in [0.5, 0.6) is 0 Å². The van der Waals surface area contributed by atoms with Gasteiger partial charge in [0.25, 0.3) is 0 Å². The first-order valence-electron chi connectivity index (χ1n) is 32.0. The third kappa shape index (κ3) is 2.21. The maximum atomic E-state index is 18.4. The Morgan fingerprint density at radius 3 is 0.573 bits per heavy atom. The minimum atomic E-state index is -3.54. The lowest BCUT2D eigenvalue weighted by atomic mass is 9.68. The van der Waals surface area contributed by atoms with E-state index in [1.807, 2.05) is 0 Å². The van der Waals surface area contributed by atoms with Crippen LogP contribution in [0.2, 0.25) is 0 Å². The SMILES string of the molecule is COC(=O)C(C1(C(=O)OC)C23c4c5c6c7c8c9c(c%10c%11c2c2c4c4c%12c5c5c6c6c8c8c%13c9c9c%10c%10c%11c%11c2c2c4c4c%12c%12c5c5c6c8c6c8c%13c9c9c%10c%10c%11c2c2c4c4c%12c5c6c5c8c9c%10c2c45)C713)=P(c1ccccc1)(c1ccccc1)c1ccccc1. The van der Waals surface area contributed by atoms with Crippen molar-refractivity contribution in [1.82, 2.24) is 0 Å². The summed E-state index contributed by atoms with van der Waals surface area (Å²) < 4.78 is 13.8. The fourth-order valence-corrected chi connectivity index (χ4v) is 33.7. The van der Waals surface area contributed by atoms with Gasteiger partial charge in [0.1, 0.15) is 5.41 Å². The van der Waals surface area contributed by atoms with Gasteiger partial charge < -0.3 is 9.47 Å². The molecule has 1 saturated carbocycles. The Morgan fingerprint density at radius 2 is 0.416 bits per heavy atom. The van der Waals surface area contributed by atoms with Crippen molar-refractivity contribution in [3.63, 3.8) is 0 Å². The molecule has 0 bridgehead atoms. The van der Waals surface area contributed by atoms with E-state index in [2.05, 4.69) is 91.0 Å². The third-order valence-electron chi connectivity index (χ3n) is 29.4. The molecule has 36 rings (SSSR count). The molecular weight excluding hydrogens is 1100 g/mol. The molecule has 0 radical (unpaired) electrons. The van der Waals surface area contributed by atoms with Crippen LogP contribution >= 0.6 is 6.89 Å². The average Bonchev–Trinajstić information content (AvgIpc) is 1.35. The van der Waals surface area contributed by atoms with Crippen LogP contribution in [0.3, 0.4) is 0 Å². The van der Waals surface area contributed by atoms with E-state index < -0.39 is 29.1 Å².